The molecule has 4 heterocycles. The Morgan fingerprint density at radius 1 is 0.829 bits per heavy atom. The van der Waals surface area contributed by atoms with E-state index < -0.39 is 0 Å². The van der Waals surface area contributed by atoms with Crippen molar-refractivity contribution in [2.45, 2.75) is 97.6 Å². The van der Waals surface area contributed by atoms with E-state index in [9.17, 15) is 10.0 Å². The number of carbonyl (C=O) groups is 1. The molecule has 4 aliphatic rings. The van der Waals surface area contributed by atoms with Gasteiger partial charge in [0.25, 0.3) is 0 Å². The maximum Gasteiger partial charge on any atom is 0.188 e. The number of likely N-dealkylation sites (tertiary alicyclic amines) is 2. The molecule has 0 radical (unpaired) electrons. The zero-order valence-electron chi connectivity index (χ0n) is 26.2. The van der Waals surface area contributed by atoms with Crippen LogP contribution >= 0.6 is 0 Å². The summed E-state index contributed by atoms with van der Waals surface area (Å²) in [4.78, 5) is 15.9. The van der Waals surface area contributed by atoms with Gasteiger partial charge in [0.2, 0.25) is 0 Å². The summed E-state index contributed by atoms with van der Waals surface area (Å²) >= 11 is 0. The Bertz CT molecular complexity index is 749. The van der Waals surface area contributed by atoms with E-state index in [1.807, 2.05) is 16.7 Å². The highest BCUT2D eigenvalue weighted by atomic mass is 16.5. The largest absolute Gasteiger partial charge is 0.785 e. The number of Topliss-reactive ketones (excluding diaryl/α,β-unsaturated/α-hetero) is 1. The van der Waals surface area contributed by atoms with Crippen molar-refractivity contribution in [1.29, 1.82) is 10.8 Å². The van der Waals surface area contributed by atoms with E-state index >= 15 is 0 Å². The Kier molecular flexibility index (Phi) is 15.4. The van der Waals surface area contributed by atoms with E-state index in [1.165, 1.54) is 25.7 Å². The zero-order valence-corrected chi connectivity index (χ0v) is 26.2. The molecule has 4 rings (SSSR count). The van der Waals surface area contributed by atoms with Crippen LogP contribution in [0.3, 0.4) is 0 Å². The minimum atomic E-state index is -0.334. The van der Waals surface area contributed by atoms with Crippen molar-refractivity contribution in [2.24, 2.45) is 41.1 Å². The molecule has 0 spiro atoms. The molecule has 11 nitrogen and oxygen atoms in total. The number of hydrogen-bond acceptors (Lipinski definition) is 6. The van der Waals surface area contributed by atoms with Gasteiger partial charge in [0.1, 0.15) is 5.78 Å². The van der Waals surface area contributed by atoms with Gasteiger partial charge in [-0.05, 0) is 94.7 Å². The highest BCUT2D eigenvalue weighted by Gasteiger charge is 2.28. The summed E-state index contributed by atoms with van der Waals surface area (Å²) in [5.74, 6) is 3.77. The SMILES string of the molecule is CC(C)C1CCN(C(=N)N)CC1.CC(CC(=O)[C@@H]1CCCN1[O-])C1CCNCC1.CC([NH-])C1CCN(C(=N)N)CC1. The van der Waals surface area contributed by atoms with Gasteiger partial charge in [-0.3, -0.25) is 15.6 Å². The van der Waals surface area contributed by atoms with Gasteiger partial charge in [0.05, 0.1) is 6.04 Å². The third kappa shape index (κ3) is 12.1. The van der Waals surface area contributed by atoms with Gasteiger partial charge in [-0.25, -0.2) is 0 Å². The van der Waals surface area contributed by atoms with Crippen molar-refractivity contribution in [1.82, 2.24) is 20.2 Å². The maximum atomic E-state index is 12.1. The van der Waals surface area contributed by atoms with Crippen LogP contribution in [-0.4, -0.2) is 90.5 Å². The van der Waals surface area contributed by atoms with Crippen LogP contribution in [0.15, 0.2) is 0 Å². The standard InChI is InChI=1S/C13H23N2O2.C9H19N3.C8H17N4/c1-10(11-4-6-14-7-5-11)9-13(16)12-3-2-8-15(12)17;1-7(2)8-3-5-12(6-4-8)9(10)11;1-6(9)7-2-4-12(5-3-7)8(10)11/h10-12,14H,2-9H2,1H3;7-8H,3-6H2,1-2H3,(H3,10,11);6-7,9H,2-5H2,1H3,(H3,10,11)/q-1;;-1/t10?,12-;;/m0../s1. The molecule has 3 atom stereocenters. The van der Waals surface area contributed by atoms with Crippen molar-refractivity contribution in [3.8, 4) is 0 Å². The fraction of sp³-hybridized carbons (Fsp3) is 0.900. The first-order valence-corrected chi connectivity index (χ1v) is 16.0. The van der Waals surface area contributed by atoms with Crippen molar-refractivity contribution < 1.29 is 4.79 Å². The van der Waals surface area contributed by atoms with Crippen molar-refractivity contribution in [2.75, 3.05) is 45.8 Å². The monoisotopic (exact) mass is 577 g/mol. The fourth-order valence-electron chi connectivity index (χ4n) is 6.54. The number of carbonyl (C=O) groups excluding carboxylic acids is 1. The molecule has 4 aliphatic heterocycles. The van der Waals surface area contributed by atoms with E-state index in [0.717, 1.165) is 81.9 Å². The molecule has 11 heteroatoms. The second-order valence-electron chi connectivity index (χ2n) is 13.0. The number of rotatable bonds is 6. The number of piperidine rings is 3. The Labute approximate surface area is 248 Å². The molecular weight excluding hydrogens is 518 g/mol. The van der Waals surface area contributed by atoms with E-state index in [1.54, 1.807) is 0 Å². The lowest BCUT2D eigenvalue weighted by molar-refractivity contribution is -0.123. The third-order valence-corrected chi connectivity index (χ3v) is 9.70. The smallest absolute Gasteiger partial charge is 0.188 e. The summed E-state index contributed by atoms with van der Waals surface area (Å²) < 4.78 is 0. The van der Waals surface area contributed by atoms with E-state index in [4.69, 9.17) is 28.0 Å². The number of guanidine groups is 2. The van der Waals surface area contributed by atoms with Gasteiger partial charge in [-0.2, -0.15) is 0 Å². The quantitative estimate of drug-likeness (QED) is 0.233. The molecule has 0 aromatic carbocycles. The normalized spacial score (nSPS) is 24.6. The number of nitrogens with one attached hydrogen (secondary N) is 4. The molecule has 0 aromatic rings. The summed E-state index contributed by atoms with van der Waals surface area (Å²) in [5, 5.41) is 30.3. The molecular formula is C30H59N9O2-2. The lowest BCUT2D eigenvalue weighted by Crippen LogP contribution is -2.43. The first-order chi connectivity index (χ1) is 19.4. The number of nitrogens with zero attached hydrogens (tertiary/aromatic N) is 3. The Hall–Kier alpha value is -1.95. The molecule has 0 saturated carbocycles. The van der Waals surface area contributed by atoms with Gasteiger partial charge in [-0.15, -0.1) is 6.04 Å². The lowest BCUT2D eigenvalue weighted by atomic mass is 9.82. The van der Waals surface area contributed by atoms with Crippen molar-refractivity contribution >= 4 is 17.7 Å². The highest BCUT2D eigenvalue weighted by molar-refractivity contribution is 5.84. The molecule has 4 fully saturated rings. The van der Waals surface area contributed by atoms with Crippen LogP contribution in [0.2, 0.25) is 0 Å². The molecule has 238 valence electrons. The average Bonchev–Trinajstić information content (AvgIpc) is 3.40. The molecule has 0 bridgehead atoms. The van der Waals surface area contributed by atoms with Crippen LogP contribution in [-0.2, 0) is 4.79 Å². The topological polar surface area (TPSA) is 185 Å². The van der Waals surface area contributed by atoms with Crippen molar-refractivity contribution in [3.05, 3.63) is 10.9 Å². The Morgan fingerprint density at radius 3 is 1.71 bits per heavy atom. The lowest BCUT2D eigenvalue weighted by Gasteiger charge is -2.36. The van der Waals surface area contributed by atoms with Crippen LogP contribution < -0.4 is 16.8 Å². The van der Waals surface area contributed by atoms with Crippen LogP contribution in [0.4, 0.5) is 0 Å². The average molecular weight is 578 g/mol. The first kappa shape index (κ1) is 35.2. The summed E-state index contributed by atoms with van der Waals surface area (Å²) in [6.45, 7) is 15.0. The van der Waals surface area contributed by atoms with E-state index in [0.29, 0.717) is 30.7 Å². The number of nitrogens with two attached hydrogens (primary N) is 2. The summed E-state index contributed by atoms with van der Waals surface area (Å²) in [6.07, 6.45) is 8.96. The second kappa shape index (κ2) is 17.9. The molecule has 4 saturated heterocycles. The number of hydroxylamine groups is 2. The molecule has 8 N–H and O–H groups in total. The minimum absolute atomic E-state index is 0.0270. The third-order valence-electron chi connectivity index (χ3n) is 9.70. The van der Waals surface area contributed by atoms with Gasteiger partial charge < -0.3 is 42.6 Å². The Balaban J connectivity index is 0.000000221. The molecule has 2 unspecified atom stereocenters. The summed E-state index contributed by atoms with van der Waals surface area (Å²) in [7, 11) is 0. The predicted octanol–water partition coefficient (Wildman–Crippen LogP) is 3.82. The summed E-state index contributed by atoms with van der Waals surface area (Å²) in [6, 6.07) is -0.307. The van der Waals surface area contributed by atoms with Gasteiger partial charge in [-0.1, -0.05) is 33.6 Å². The van der Waals surface area contributed by atoms with Gasteiger partial charge in [0.15, 0.2) is 11.9 Å². The second-order valence-corrected chi connectivity index (χ2v) is 13.0. The van der Waals surface area contributed by atoms with Gasteiger partial charge in [0, 0.05) is 32.6 Å². The predicted molar refractivity (Wildman–Crippen MR) is 169 cm³/mol. The molecule has 41 heavy (non-hydrogen) atoms. The van der Waals surface area contributed by atoms with Crippen molar-refractivity contribution in [3.63, 3.8) is 0 Å². The highest BCUT2D eigenvalue weighted by Crippen LogP contribution is 2.27. The van der Waals surface area contributed by atoms with Crippen LogP contribution in [0.25, 0.3) is 5.73 Å². The molecule has 0 aliphatic carbocycles. The zero-order chi connectivity index (χ0) is 30.5. The molecule has 0 amide bonds. The molecule has 0 aromatic heterocycles. The van der Waals surface area contributed by atoms with Crippen LogP contribution in [0.1, 0.15) is 85.5 Å². The van der Waals surface area contributed by atoms with Gasteiger partial charge >= 0.3 is 0 Å². The maximum absolute atomic E-state index is 12.1. The number of ketones is 1. The number of hydrogen-bond donors (Lipinski definition) is 5. The fourth-order valence-corrected chi connectivity index (χ4v) is 6.54. The summed E-state index contributed by atoms with van der Waals surface area (Å²) in [5.41, 5.74) is 18.3. The van der Waals surface area contributed by atoms with E-state index in [-0.39, 0.29) is 29.8 Å². The first-order valence-electron chi connectivity index (χ1n) is 16.0. The van der Waals surface area contributed by atoms with Crippen LogP contribution in [0.5, 0.6) is 0 Å². The Morgan fingerprint density at radius 2 is 1.32 bits per heavy atom. The van der Waals surface area contributed by atoms with Crippen LogP contribution in [0, 0.1) is 45.6 Å². The van der Waals surface area contributed by atoms with E-state index in [2.05, 4.69) is 26.1 Å². The minimum Gasteiger partial charge on any atom is -0.785 e.